The molecule has 7 heteroatoms. The lowest BCUT2D eigenvalue weighted by atomic mass is 10.2. The average molecular weight is 390 g/mol. The number of nitrogens with zero attached hydrogens (tertiary/aromatic N) is 2. The van der Waals surface area contributed by atoms with Crippen molar-refractivity contribution in [2.45, 2.75) is 24.8 Å². The van der Waals surface area contributed by atoms with Crippen LogP contribution >= 0.6 is 11.6 Å². The summed E-state index contributed by atoms with van der Waals surface area (Å²) in [5, 5.41) is 0.436. The molecule has 0 atom stereocenters. The lowest BCUT2D eigenvalue weighted by Crippen LogP contribution is -2.26. The molecule has 0 saturated carbocycles. The molecular weight excluding hydrogens is 370 g/mol. The van der Waals surface area contributed by atoms with E-state index in [4.69, 9.17) is 11.6 Å². The number of imidazole rings is 1. The molecule has 0 aliphatic carbocycles. The normalized spacial score (nSPS) is 11.6. The maximum atomic E-state index is 12.4. The largest absolute Gasteiger partial charge is 0.330 e. The minimum atomic E-state index is -3.60. The lowest BCUT2D eigenvalue weighted by Gasteiger charge is -2.10. The highest BCUT2D eigenvalue weighted by Gasteiger charge is 2.15. The quantitative estimate of drug-likeness (QED) is 0.673. The Morgan fingerprint density at radius 2 is 1.92 bits per heavy atom. The van der Waals surface area contributed by atoms with E-state index in [9.17, 15) is 8.42 Å². The summed E-state index contributed by atoms with van der Waals surface area (Å²) in [5.41, 5.74) is 2.01. The first-order valence-electron chi connectivity index (χ1n) is 8.25. The Morgan fingerprint density at radius 3 is 2.65 bits per heavy atom. The van der Waals surface area contributed by atoms with E-state index in [1.54, 1.807) is 18.3 Å². The molecule has 3 aromatic rings. The van der Waals surface area contributed by atoms with Crippen LogP contribution in [0.25, 0.3) is 0 Å². The fraction of sp³-hybridized carbons (Fsp3) is 0.211. The van der Waals surface area contributed by atoms with Gasteiger partial charge in [0.2, 0.25) is 10.0 Å². The number of benzene rings is 2. The van der Waals surface area contributed by atoms with Gasteiger partial charge in [-0.3, -0.25) is 0 Å². The van der Waals surface area contributed by atoms with Crippen LogP contribution in [-0.2, 0) is 23.0 Å². The smallest absolute Gasteiger partial charge is 0.240 e. The number of halogens is 1. The van der Waals surface area contributed by atoms with Crippen molar-refractivity contribution in [3.63, 3.8) is 0 Å². The van der Waals surface area contributed by atoms with E-state index in [1.807, 2.05) is 48.0 Å². The van der Waals surface area contributed by atoms with Crippen molar-refractivity contribution in [1.82, 2.24) is 14.3 Å². The third-order valence-corrected chi connectivity index (χ3v) is 5.96. The van der Waals surface area contributed by atoms with E-state index in [-0.39, 0.29) is 11.4 Å². The summed E-state index contributed by atoms with van der Waals surface area (Å²) in [7, 11) is -3.60. The topological polar surface area (TPSA) is 64.0 Å². The van der Waals surface area contributed by atoms with Gasteiger partial charge in [0.1, 0.15) is 5.82 Å². The van der Waals surface area contributed by atoms with Crippen LogP contribution in [0, 0.1) is 6.92 Å². The van der Waals surface area contributed by atoms with Crippen LogP contribution in [0.5, 0.6) is 0 Å². The van der Waals surface area contributed by atoms with E-state index in [0.717, 1.165) is 11.4 Å². The van der Waals surface area contributed by atoms with Gasteiger partial charge in [0.05, 0.1) is 4.90 Å². The first kappa shape index (κ1) is 18.6. The predicted molar refractivity (Wildman–Crippen MR) is 103 cm³/mol. The molecule has 136 valence electrons. The zero-order chi connectivity index (χ0) is 18.6. The number of rotatable bonds is 7. The molecule has 0 fully saturated rings. The lowest BCUT2D eigenvalue weighted by molar-refractivity contribution is 0.579. The van der Waals surface area contributed by atoms with Gasteiger partial charge >= 0.3 is 0 Å². The second kappa shape index (κ2) is 8.03. The SMILES string of the molecule is Cc1ccc(S(=O)(=O)NCCc2nccn2Cc2ccccc2)cc1Cl. The summed E-state index contributed by atoms with van der Waals surface area (Å²) in [6, 6.07) is 14.8. The van der Waals surface area contributed by atoms with E-state index in [0.29, 0.717) is 18.0 Å². The molecule has 0 radical (unpaired) electrons. The Kier molecular flexibility index (Phi) is 5.76. The van der Waals surface area contributed by atoms with Crippen molar-refractivity contribution < 1.29 is 8.42 Å². The van der Waals surface area contributed by atoms with Crippen LogP contribution in [-0.4, -0.2) is 24.5 Å². The highest BCUT2D eigenvalue weighted by molar-refractivity contribution is 7.89. The van der Waals surface area contributed by atoms with Crippen molar-refractivity contribution in [2.75, 3.05) is 6.54 Å². The second-order valence-corrected chi connectivity index (χ2v) is 8.19. The van der Waals surface area contributed by atoms with Gasteiger partial charge in [-0.15, -0.1) is 0 Å². The Bertz CT molecular complexity index is 985. The van der Waals surface area contributed by atoms with E-state index < -0.39 is 10.0 Å². The summed E-state index contributed by atoms with van der Waals surface area (Å²) in [6.45, 7) is 2.80. The number of nitrogens with one attached hydrogen (secondary N) is 1. The van der Waals surface area contributed by atoms with Gasteiger partial charge in [-0.25, -0.2) is 18.1 Å². The van der Waals surface area contributed by atoms with Crippen LogP contribution in [0.2, 0.25) is 5.02 Å². The minimum absolute atomic E-state index is 0.167. The van der Waals surface area contributed by atoms with Gasteiger partial charge in [0.25, 0.3) is 0 Å². The van der Waals surface area contributed by atoms with Gasteiger partial charge < -0.3 is 4.57 Å². The Hall–Kier alpha value is -2.15. The van der Waals surface area contributed by atoms with Gasteiger partial charge in [-0.2, -0.15) is 0 Å². The zero-order valence-electron chi connectivity index (χ0n) is 14.4. The van der Waals surface area contributed by atoms with E-state index >= 15 is 0 Å². The van der Waals surface area contributed by atoms with Crippen molar-refractivity contribution in [1.29, 1.82) is 0 Å². The summed E-state index contributed by atoms with van der Waals surface area (Å²) in [4.78, 5) is 4.50. The molecule has 1 heterocycles. The van der Waals surface area contributed by atoms with E-state index in [1.165, 1.54) is 11.6 Å². The van der Waals surface area contributed by atoms with Crippen molar-refractivity contribution >= 4 is 21.6 Å². The number of sulfonamides is 1. The van der Waals surface area contributed by atoms with Crippen molar-refractivity contribution in [3.8, 4) is 0 Å². The minimum Gasteiger partial charge on any atom is -0.330 e. The molecule has 0 spiro atoms. The molecule has 0 unspecified atom stereocenters. The molecule has 0 aliphatic rings. The van der Waals surface area contributed by atoms with Crippen LogP contribution in [0.15, 0.2) is 65.8 Å². The summed E-state index contributed by atoms with van der Waals surface area (Å²) < 4.78 is 29.4. The fourth-order valence-electron chi connectivity index (χ4n) is 2.61. The molecule has 2 aromatic carbocycles. The zero-order valence-corrected chi connectivity index (χ0v) is 16.0. The Labute approximate surface area is 158 Å². The maximum absolute atomic E-state index is 12.4. The van der Waals surface area contributed by atoms with Crippen molar-refractivity contribution in [3.05, 3.63) is 82.9 Å². The third-order valence-electron chi connectivity index (χ3n) is 4.09. The first-order chi connectivity index (χ1) is 12.5. The molecule has 5 nitrogen and oxygen atoms in total. The third kappa shape index (κ3) is 4.52. The van der Waals surface area contributed by atoms with Crippen LogP contribution < -0.4 is 4.72 Å². The first-order valence-corrected chi connectivity index (χ1v) is 10.1. The monoisotopic (exact) mass is 389 g/mol. The second-order valence-electron chi connectivity index (χ2n) is 6.02. The van der Waals surface area contributed by atoms with Crippen molar-refractivity contribution in [2.24, 2.45) is 0 Å². The standard InChI is InChI=1S/C19H20ClN3O2S/c1-15-7-8-17(13-18(15)20)26(24,25)22-10-9-19-21-11-12-23(19)14-16-5-3-2-4-6-16/h2-8,11-13,22H,9-10,14H2,1H3. The molecular formula is C19H20ClN3O2S. The molecule has 1 aromatic heterocycles. The maximum Gasteiger partial charge on any atom is 0.240 e. The molecule has 0 aliphatic heterocycles. The molecule has 0 bridgehead atoms. The molecule has 26 heavy (non-hydrogen) atoms. The molecule has 0 amide bonds. The molecule has 3 rings (SSSR count). The van der Waals surface area contributed by atoms with Gasteiger partial charge in [-0.05, 0) is 30.2 Å². The number of hydrogen-bond acceptors (Lipinski definition) is 3. The van der Waals surface area contributed by atoms with Crippen LogP contribution in [0.3, 0.4) is 0 Å². The summed E-state index contributed by atoms with van der Waals surface area (Å²) in [5.74, 6) is 0.832. The van der Waals surface area contributed by atoms with Gasteiger partial charge in [-0.1, -0.05) is 48.0 Å². The average Bonchev–Trinajstić information content (AvgIpc) is 3.05. The number of aryl methyl sites for hydroxylation is 1. The number of hydrogen-bond donors (Lipinski definition) is 1. The molecule has 0 saturated heterocycles. The highest BCUT2D eigenvalue weighted by Crippen LogP contribution is 2.19. The van der Waals surface area contributed by atoms with Crippen LogP contribution in [0.1, 0.15) is 17.0 Å². The Balaban J connectivity index is 1.63. The van der Waals surface area contributed by atoms with Gasteiger partial charge in [0.15, 0.2) is 0 Å². The highest BCUT2D eigenvalue weighted by atomic mass is 35.5. The summed E-state index contributed by atoms with van der Waals surface area (Å²) >= 11 is 6.03. The van der Waals surface area contributed by atoms with Crippen LogP contribution in [0.4, 0.5) is 0 Å². The Morgan fingerprint density at radius 1 is 1.15 bits per heavy atom. The number of aromatic nitrogens is 2. The predicted octanol–water partition coefficient (Wildman–Crippen LogP) is 3.41. The van der Waals surface area contributed by atoms with Gasteiger partial charge in [0, 0.05) is 36.9 Å². The molecule has 1 N–H and O–H groups in total. The fourth-order valence-corrected chi connectivity index (χ4v) is 3.92. The summed E-state index contributed by atoms with van der Waals surface area (Å²) in [6.07, 6.45) is 4.13. The van der Waals surface area contributed by atoms with E-state index in [2.05, 4.69) is 9.71 Å².